The molecule has 0 atom stereocenters. The van der Waals surface area contributed by atoms with Crippen LogP contribution in [0.3, 0.4) is 0 Å². The van der Waals surface area contributed by atoms with Crippen molar-refractivity contribution in [2.24, 2.45) is 0 Å². The first-order chi connectivity index (χ1) is 14.5. The minimum atomic E-state index is -0.558. The number of para-hydroxylation sites is 1. The lowest BCUT2D eigenvalue weighted by Gasteiger charge is -2.10. The molecule has 0 aliphatic heterocycles. The first kappa shape index (κ1) is 19.9. The van der Waals surface area contributed by atoms with Gasteiger partial charge in [0.25, 0.3) is 0 Å². The summed E-state index contributed by atoms with van der Waals surface area (Å²) in [5.74, 6) is 0.627. The molecule has 5 nitrogen and oxygen atoms in total. The molecule has 0 amide bonds. The Kier molecular flexibility index (Phi) is 5.42. The van der Waals surface area contributed by atoms with Crippen LogP contribution in [0.5, 0.6) is 11.5 Å². The Hall–Kier alpha value is -3.38. The molecule has 1 aromatic heterocycles. The lowest BCUT2D eigenvalue weighted by atomic mass is 10.0. The molecule has 3 aromatic carbocycles. The second-order valence-electron chi connectivity index (χ2n) is 6.62. The van der Waals surface area contributed by atoms with Crippen molar-refractivity contribution >= 4 is 32.9 Å². The van der Waals surface area contributed by atoms with E-state index < -0.39 is 5.97 Å². The van der Waals surface area contributed by atoms with Crippen LogP contribution in [0.25, 0.3) is 22.1 Å². The summed E-state index contributed by atoms with van der Waals surface area (Å²) in [7, 11) is 1.49. The van der Waals surface area contributed by atoms with Crippen molar-refractivity contribution in [3.05, 3.63) is 92.7 Å². The van der Waals surface area contributed by atoms with Crippen LogP contribution in [0.4, 0.5) is 0 Å². The summed E-state index contributed by atoms with van der Waals surface area (Å²) in [5, 5.41) is 0.413. The topological polar surface area (TPSA) is 65.7 Å². The molecule has 30 heavy (non-hydrogen) atoms. The number of hydrogen-bond donors (Lipinski definition) is 0. The third-order valence-corrected chi connectivity index (χ3v) is 5.24. The van der Waals surface area contributed by atoms with Gasteiger partial charge in [-0.15, -0.1) is 0 Å². The van der Waals surface area contributed by atoms with Crippen LogP contribution in [-0.4, -0.2) is 13.1 Å². The van der Waals surface area contributed by atoms with E-state index in [0.29, 0.717) is 33.6 Å². The van der Waals surface area contributed by atoms with Crippen LogP contribution in [0.1, 0.15) is 16.1 Å². The predicted molar refractivity (Wildman–Crippen MR) is 118 cm³/mol. The standard InChI is InChI=1S/C24H17BrO5/c1-14-22(15-7-9-16(25)10-8-15)23(26)18-12-11-17(13-21(18)29-14)30-24(27)19-5-3-4-6-20(19)28-2/h3-13H,1-2H3. The molecule has 0 aliphatic carbocycles. The summed E-state index contributed by atoms with van der Waals surface area (Å²) in [4.78, 5) is 25.6. The highest BCUT2D eigenvalue weighted by Crippen LogP contribution is 2.28. The number of carbonyl (C=O) groups is 1. The maximum Gasteiger partial charge on any atom is 0.347 e. The van der Waals surface area contributed by atoms with Gasteiger partial charge in [0.15, 0.2) is 0 Å². The van der Waals surface area contributed by atoms with Crippen LogP contribution < -0.4 is 14.9 Å². The van der Waals surface area contributed by atoms with E-state index in [1.807, 2.05) is 24.3 Å². The summed E-state index contributed by atoms with van der Waals surface area (Å²) in [6.45, 7) is 1.74. The Morgan fingerprint density at radius 2 is 1.73 bits per heavy atom. The van der Waals surface area contributed by atoms with Crippen molar-refractivity contribution in [1.82, 2.24) is 0 Å². The number of esters is 1. The molecule has 150 valence electrons. The van der Waals surface area contributed by atoms with Crippen molar-refractivity contribution in [3.8, 4) is 22.6 Å². The zero-order chi connectivity index (χ0) is 21.3. The fourth-order valence-corrected chi connectivity index (χ4v) is 3.54. The molecule has 0 N–H and O–H groups in total. The molecule has 0 saturated carbocycles. The molecule has 0 spiro atoms. The molecule has 0 saturated heterocycles. The summed E-state index contributed by atoms with van der Waals surface area (Å²) < 4.78 is 17.5. The number of benzene rings is 3. The number of rotatable bonds is 4. The molecular formula is C24H17BrO5. The Balaban J connectivity index is 1.72. The zero-order valence-corrected chi connectivity index (χ0v) is 17.9. The van der Waals surface area contributed by atoms with Gasteiger partial charge in [-0.1, -0.05) is 40.2 Å². The Morgan fingerprint density at radius 1 is 1.00 bits per heavy atom. The molecule has 4 rings (SSSR count). The first-order valence-electron chi connectivity index (χ1n) is 9.16. The second-order valence-corrected chi connectivity index (χ2v) is 7.53. The van der Waals surface area contributed by atoms with E-state index in [9.17, 15) is 9.59 Å². The van der Waals surface area contributed by atoms with E-state index in [4.69, 9.17) is 13.9 Å². The number of hydrogen-bond acceptors (Lipinski definition) is 5. The largest absolute Gasteiger partial charge is 0.496 e. The van der Waals surface area contributed by atoms with Crippen molar-refractivity contribution < 1.29 is 18.7 Å². The van der Waals surface area contributed by atoms with Gasteiger partial charge in [0, 0.05) is 10.5 Å². The van der Waals surface area contributed by atoms with Crippen LogP contribution >= 0.6 is 15.9 Å². The molecular weight excluding hydrogens is 448 g/mol. The van der Waals surface area contributed by atoms with Gasteiger partial charge in [-0.25, -0.2) is 4.79 Å². The van der Waals surface area contributed by atoms with E-state index in [2.05, 4.69) is 15.9 Å². The molecule has 0 fully saturated rings. The van der Waals surface area contributed by atoms with Gasteiger partial charge >= 0.3 is 5.97 Å². The highest BCUT2D eigenvalue weighted by molar-refractivity contribution is 9.10. The van der Waals surface area contributed by atoms with Gasteiger partial charge in [-0.05, 0) is 48.9 Å². The fraction of sp³-hybridized carbons (Fsp3) is 0.0833. The van der Waals surface area contributed by atoms with E-state index in [0.717, 1.165) is 10.0 Å². The number of aryl methyl sites for hydroxylation is 1. The predicted octanol–water partition coefficient (Wildman–Crippen LogP) is 5.76. The summed E-state index contributed by atoms with van der Waals surface area (Å²) in [6.07, 6.45) is 0. The number of halogens is 1. The fourth-order valence-electron chi connectivity index (χ4n) is 3.27. The average Bonchev–Trinajstić information content (AvgIpc) is 2.74. The molecule has 6 heteroatoms. The van der Waals surface area contributed by atoms with Gasteiger partial charge in [-0.3, -0.25) is 4.79 Å². The summed E-state index contributed by atoms with van der Waals surface area (Å²) >= 11 is 3.40. The molecule has 0 aliphatic rings. The number of fused-ring (bicyclic) bond motifs is 1. The third kappa shape index (κ3) is 3.74. The van der Waals surface area contributed by atoms with Gasteiger partial charge in [0.1, 0.15) is 28.4 Å². The quantitative estimate of drug-likeness (QED) is 0.283. The van der Waals surface area contributed by atoms with Crippen LogP contribution in [-0.2, 0) is 0 Å². The molecule has 0 radical (unpaired) electrons. The molecule has 4 aromatic rings. The minimum Gasteiger partial charge on any atom is -0.496 e. The highest BCUT2D eigenvalue weighted by Gasteiger charge is 2.17. The van der Waals surface area contributed by atoms with E-state index >= 15 is 0 Å². The normalized spacial score (nSPS) is 10.8. The number of carbonyl (C=O) groups excluding carboxylic acids is 1. The van der Waals surface area contributed by atoms with Gasteiger partial charge in [0.2, 0.25) is 5.43 Å². The highest BCUT2D eigenvalue weighted by atomic mass is 79.9. The van der Waals surface area contributed by atoms with Crippen molar-refractivity contribution in [2.75, 3.05) is 7.11 Å². The molecule has 0 unspecified atom stereocenters. The Morgan fingerprint density at radius 3 is 2.47 bits per heavy atom. The van der Waals surface area contributed by atoms with Crippen LogP contribution in [0, 0.1) is 6.92 Å². The Labute approximate surface area is 181 Å². The van der Waals surface area contributed by atoms with Gasteiger partial charge in [0.05, 0.1) is 18.1 Å². The maximum absolute atomic E-state index is 13.1. The number of ether oxygens (including phenoxy) is 2. The Bertz CT molecular complexity index is 1310. The average molecular weight is 465 g/mol. The van der Waals surface area contributed by atoms with E-state index in [1.54, 1.807) is 49.4 Å². The SMILES string of the molecule is COc1ccccc1C(=O)Oc1ccc2c(=O)c(-c3ccc(Br)cc3)c(C)oc2c1. The minimum absolute atomic E-state index is 0.140. The third-order valence-electron chi connectivity index (χ3n) is 4.71. The lowest BCUT2D eigenvalue weighted by Crippen LogP contribution is -2.11. The first-order valence-corrected chi connectivity index (χ1v) is 9.96. The monoisotopic (exact) mass is 464 g/mol. The summed E-state index contributed by atoms with van der Waals surface area (Å²) in [6, 6.07) is 19.0. The summed E-state index contributed by atoms with van der Waals surface area (Å²) in [5.41, 5.74) is 1.80. The maximum atomic E-state index is 13.1. The van der Waals surface area contributed by atoms with E-state index in [1.165, 1.54) is 7.11 Å². The lowest BCUT2D eigenvalue weighted by molar-refractivity contribution is 0.0731. The van der Waals surface area contributed by atoms with Crippen molar-refractivity contribution in [1.29, 1.82) is 0 Å². The van der Waals surface area contributed by atoms with Crippen LogP contribution in [0.15, 0.2) is 80.4 Å². The second kappa shape index (κ2) is 8.16. The smallest absolute Gasteiger partial charge is 0.347 e. The van der Waals surface area contributed by atoms with Gasteiger partial charge in [-0.2, -0.15) is 0 Å². The van der Waals surface area contributed by atoms with Crippen molar-refractivity contribution in [3.63, 3.8) is 0 Å². The van der Waals surface area contributed by atoms with Crippen molar-refractivity contribution in [2.45, 2.75) is 6.92 Å². The molecule has 0 bridgehead atoms. The number of methoxy groups -OCH3 is 1. The van der Waals surface area contributed by atoms with Gasteiger partial charge < -0.3 is 13.9 Å². The zero-order valence-electron chi connectivity index (χ0n) is 16.3. The van der Waals surface area contributed by atoms with E-state index in [-0.39, 0.29) is 11.2 Å². The molecule has 1 heterocycles. The van der Waals surface area contributed by atoms with Crippen LogP contribution in [0.2, 0.25) is 0 Å².